The highest BCUT2D eigenvalue weighted by atomic mass is 127. The molecule has 0 bridgehead atoms. The predicted octanol–water partition coefficient (Wildman–Crippen LogP) is 1.77. The van der Waals surface area contributed by atoms with Gasteiger partial charge >= 0.3 is 0 Å². The van der Waals surface area contributed by atoms with E-state index < -0.39 is 0 Å². The fraction of sp³-hybridized carbons (Fsp3) is 0.143. The van der Waals surface area contributed by atoms with Gasteiger partial charge < -0.3 is 5.21 Å². The molecule has 0 unspecified atom stereocenters. The van der Waals surface area contributed by atoms with Gasteiger partial charge in [-0.25, -0.2) is 5.48 Å². The standard InChI is InChI=1S/C7H8INO/c8-7-3-1-6(2-4-7)5-9-10/h1-4,9-10H,5H2. The first-order valence-corrected chi connectivity index (χ1v) is 4.02. The van der Waals surface area contributed by atoms with Gasteiger partial charge in [-0.3, -0.25) is 0 Å². The van der Waals surface area contributed by atoms with E-state index in [-0.39, 0.29) is 0 Å². The summed E-state index contributed by atoms with van der Waals surface area (Å²) in [5.41, 5.74) is 3.19. The van der Waals surface area contributed by atoms with Crippen LogP contribution in [0.1, 0.15) is 5.56 Å². The first kappa shape index (κ1) is 7.97. The Kier molecular flexibility index (Phi) is 3.11. The first-order chi connectivity index (χ1) is 4.83. The molecular weight excluding hydrogens is 241 g/mol. The average Bonchev–Trinajstić information content (AvgIpc) is 1.95. The Morgan fingerprint density at radius 3 is 2.40 bits per heavy atom. The molecule has 0 aliphatic rings. The van der Waals surface area contributed by atoms with Crippen molar-refractivity contribution in [3.8, 4) is 0 Å². The van der Waals surface area contributed by atoms with Gasteiger partial charge in [-0.05, 0) is 40.3 Å². The second-order valence-corrected chi connectivity index (χ2v) is 3.21. The second-order valence-electron chi connectivity index (χ2n) is 1.96. The molecule has 2 nitrogen and oxygen atoms in total. The zero-order chi connectivity index (χ0) is 7.40. The highest BCUT2D eigenvalue weighted by Crippen LogP contribution is 2.05. The molecule has 0 spiro atoms. The Labute approximate surface area is 73.4 Å². The van der Waals surface area contributed by atoms with Crippen molar-refractivity contribution in [1.82, 2.24) is 5.48 Å². The summed E-state index contributed by atoms with van der Waals surface area (Å²) in [4.78, 5) is 0. The molecule has 0 radical (unpaired) electrons. The van der Waals surface area contributed by atoms with E-state index in [1.165, 1.54) is 3.57 Å². The van der Waals surface area contributed by atoms with E-state index >= 15 is 0 Å². The molecule has 2 N–H and O–H groups in total. The van der Waals surface area contributed by atoms with Gasteiger partial charge in [-0.15, -0.1) is 0 Å². The lowest BCUT2D eigenvalue weighted by atomic mass is 10.2. The third-order valence-corrected chi connectivity index (χ3v) is 1.92. The quantitative estimate of drug-likeness (QED) is 0.618. The Morgan fingerprint density at radius 1 is 1.30 bits per heavy atom. The first-order valence-electron chi connectivity index (χ1n) is 2.94. The van der Waals surface area contributed by atoms with Gasteiger partial charge in [0.05, 0.1) is 0 Å². The molecule has 10 heavy (non-hydrogen) atoms. The van der Waals surface area contributed by atoms with Crippen LogP contribution in [0.4, 0.5) is 0 Å². The molecule has 0 aliphatic heterocycles. The minimum absolute atomic E-state index is 0.511. The van der Waals surface area contributed by atoms with Gasteiger partial charge in [0.25, 0.3) is 0 Å². The highest BCUT2D eigenvalue weighted by Gasteiger charge is 1.88. The van der Waals surface area contributed by atoms with Crippen molar-refractivity contribution >= 4 is 22.6 Å². The summed E-state index contributed by atoms with van der Waals surface area (Å²) >= 11 is 2.24. The molecule has 0 saturated heterocycles. The van der Waals surface area contributed by atoms with Gasteiger partial charge in [0.2, 0.25) is 0 Å². The Bertz CT molecular complexity index is 197. The summed E-state index contributed by atoms with van der Waals surface area (Å²) in [5.74, 6) is 0. The lowest BCUT2D eigenvalue weighted by Crippen LogP contribution is -2.05. The molecule has 0 fully saturated rings. The van der Waals surface area contributed by atoms with Crippen molar-refractivity contribution < 1.29 is 5.21 Å². The summed E-state index contributed by atoms with van der Waals surface area (Å²) in [6.45, 7) is 0.511. The van der Waals surface area contributed by atoms with Gasteiger partial charge in [-0.2, -0.15) is 0 Å². The molecule has 1 aromatic rings. The summed E-state index contributed by atoms with van der Waals surface area (Å²) < 4.78 is 1.21. The number of hydroxylamine groups is 1. The zero-order valence-corrected chi connectivity index (χ0v) is 7.50. The maximum atomic E-state index is 8.34. The molecule has 0 atom stereocenters. The van der Waals surface area contributed by atoms with Crippen LogP contribution in [-0.4, -0.2) is 5.21 Å². The average molecular weight is 249 g/mol. The third kappa shape index (κ3) is 2.24. The van der Waals surface area contributed by atoms with Crippen LogP contribution in [-0.2, 0) is 6.54 Å². The van der Waals surface area contributed by atoms with Gasteiger partial charge in [-0.1, -0.05) is 12.1 Å². The van der Waals surface area contributed by atoms with Crippen molar-refractivity contribution in [3.63, 3.8) is 0 Å². The smallest absolute Gasteiger partial charge is 0.0458 e. The zero-order valence-electron chi connectivity index (χ0n) is 5.34. The lowest BCUT2D eigenvalue weighted by molar-refractivity contribution is 0.161. The molecule has 0 saturated carbocycles. The fourth-order valence-corrected chi connectivity index (χ4v) is 1.05. The van der Waals surface area contributed by atoms with E-state index in [0.717, 1.165) is 5.56 Å². The number of rotatable bonds is 2. The fourth-order valence-electron chi connectivity index (χ4n) is 0.694. The Morgan fingerprint density at radius 2 is 1.90 bits per heavy atom. The van der Waals surface area contributed by atoms with Crippen LogP contribution in [0.25, 0.3) is 0 Å². The predicted molar refractivity (Wildman–Crippen MR) is 47.8 cm³/mol. The molecule has 0 aliphatic carbocycles. The number of halogens is 1. The second kappa shape index (κ2) is 3.90. The van der Waals surface area contributed by atoms with Crippen LogP contribution in [0.3, 0.4) is 0 Å². The molecule has 3 heteroatoms. The SMILES string of the molecule is ONCc1ccc(I)cc1. The third-order valence-electron chi connectivity index (χ3n) is 1.20. The summed E-state index contributed by atoms with van der Waals surface area (Å²) in [5, 5.41) is 8.34. The number of hydrogen-bond donors (Lipinski definition) is 2. The maximum absolute atomic E-state index is 8.34. The molecule has 0 amide bonds. The van der Waals surface area contributed by atoms with Crippen LogP contribution >= 0.6 is 22.6 Å². The van der Waals surface area contributed by atoms with E-state index in [2.05, 4.69) is 28.1 Å². The largest absolute Gasteiger partial charge is 0.316 e. The highest BCUT2D eigenvalue weighted by molar-refractivity contribution is 14.1. The normalized spacial score (nSPS) is 9.80. The Hall–Kier alpha value is -0.130. The van der Waals surface area contributed by atoms with Crippen LogP contribution < -0.4 is 5.48 Å². The summed E-state index contributed by atoms with van der Waals surface area (Å²) in [7, 11) is 0. The molecule has 54 valence electrons. The van der Waals surface area contributed by atoms with Crippen molar-refractivity contribution in [2.75, 3.05) is 0 Å². The number of hydrogen-bond acceptors (Lipinski definition) is 2. The van der Waals surface area contributed by atoms with Gasteiger partial charge in [0.1, 0.15) is 0 Å². The van der Waals surface area contributed by atoms with Crippen LogP contribution in [0.5, 0.6) is 0 Å². The van der Waals surface area contributed by atoms with Crippen molar-refractivity contribution in [2.45, 2.75) is 6.54 Å². The minimum Gasteiger partial charge on any atom is -0.316 e. The number of nitrogens with one attached hydrogen (secondary N) is 1. The molecule has 0 heterocycles. The van der Waals surface area contributed by atoms with Crippen LogP contribution in [0.15, 0.2) is 24.3 Å². The van der Waals surface area contributed by atoms with Crippen LogP contribution in [0, 0.1) is 3.57 Å². The van der Waals surface area contributed by atoms with E-state index in [4.69, 9.17) is 5.21 Å². The molecule has 1 aromatic carbocycles. The monoisotopic (exact) mass is 249 g/mol. The van der Waals surface area contributed by atoms with Crippen molar-refractivity contribution in [1.29, 1.82) is 0 Å². The van der Waals surface area contributed by atoms with Crippen molar-refractivity contribution in [2.24, 2.45) is 0 Å². The lowest BCUT2D eigenvalue weighted by Gasteiger charge is -1.97. The van der Waals surface area contributed by atoms with E-state index in [1.54, 1.807) is 0 Å². The van der Waals surface area contributed by atoms with Gasteiger partial charge in [0.15, 0.2) is 0 Å². The molecular formula is C7H8INO. The van der Waals surface area contributed by atoms with E-state index in [9.17, 15) is 0 Å². The minimum atomic E-state index is 0.511. The van der Waals surface area contributed by atoms with Gasteiger partial charge in [0, 0.05) is 10.1 Å². The van der Waals surface area contributed by atoms with Crippen LogP contribution in [0.2, 0.25) is 0 Å². The van der Waals surface area contributed by atoms with E-state index in [0.29, 0.717) is 6.54 Å². The van der Waals surface area contributed by atoms with Crippen molar-refractivity contribution in [3.05, 3.63) is 33.4 Å². The Balaban J connectivity index is 2.69. The maximum Gasteiger partial charge on any atom is 0.0458 e. The topological polar surface area (TPSA) is 32.3 Å². The summed E-state index contributed by atoms with van der Waals surface area (Å²) in [6.07, 6.45) is 0. The summed E-state index contributed by atoms with van der Waals surface area (Å²) in [6, 6.07) is 7.97. The van der Waals surface area contributed by atoms with E-state index in [1.807, 2.05) is 24.3 Å². The molecule has 0 aromatic heterocycles. The number of benzene rings is 1. The molecule has 1 rings (SSSR count).